The van der Waals surface area contributed by atoms with Crippen LogP contribution in [0.5, 0.6) is 5.88 Å². The monoisotopic (exact) mass is 397 g/mol. The van der Waals surface area contributed by atoms with Crippen molar-refractivity contribution in [3.05, 3.63) is 47.7 Å². The second-order valence-corrected chi connectivity index (χ2v) is 7.21. The maximum atomic E-state index is 10.3. The zero-order valence-electron chi connectivity index (χ0n) is 15.9. The van der Waals surface area contributed by atoms with Crippen molar-refractivity contribution in [1.29, 1.82) is 5.26 Å². The van der Waals surface area contributed by atoms with E-state index in [0.29, 0.717) is 16.8 Å². The Hall–Kier alpha value is -2.59. The summed E-state index contributed by atoms with van der Waals surface area (Å²) in [5, 5.41) is 20.3. The second-order valence-electron chi connectivity index (χ2n) is 7.21. The molecule has 28 heavy (non-hydrogen) atoms. The Kier molecular flexibility index (Phi) is 6.20. The van der Waals surface area contributed by atoms with Crippen LogP contribution in [0.1, 0.15) is 17.5 Å². The molecule has 2 N–H and O–H groups in total. The van der Waals surface area contributed by atoms with E-state index in [2.05, 4.69) is 39.0 Å². The van der Waals surface area contributed by atoms with Gasteiger partial charge >= 0.3 is 0 Å². The molecule has 0 amide bonds. The predicted octanol–water partition coefficient (Wildman–Crippen LogP) is 3.37. The molecule has 3 heterocycles. The van der Waals surface area contributed by atoms with Crippen LogP contribution in [-0.2, 0) is 6.54 Å². The summed E-state index contributed by atoms with van der Waals surface area (Å²) in [6.45, 7) is 5.30. The second kappa shape index (κ2) is 8.61. The maximum absolute atomic E-state index is 10.3. The zero-order valence-corrected chi connectivity index (χ0v) is 16.7. The number of aromatic hydroxyl groups is 1. The first-order valence-electron chi connectivity index (χ1n) is 9.25. The van der Waals surface area contributed by atoms with E-state index in [4.69, 9.17) is 5.26 Å². The molecule has 6 nitrogen and oxygen atoms in total. The van der Waals surface area contributed by atoms with Crippen LogP contribution >= 0.6 is 12.4 Å². The minimum Gasteiger partial charge on any atom is -0.494 e. The van der Waals surface area contributed by atoms with E-state index in [-0.39, 0.29) is 18.3 Å². The molecule has 0 spiro atoms. The number of aromatic amines is 1. The molecule has 0 aliphatic carbocycles. The van der Waals surface area contributed by atoms with Gasteiger partial charge in [0.15, 0.2) is 5.88 Å². The van der Waals surface area contributed by atoms with E-state index in [9.17, 15) is 5.11 Å². The molecule has 3 aromatic rings. The number of H-pyrrole nitrogens is 1. The summed E-state index contributed by atoms with van der Waals surface area (Å²) in [5.41, 5.74) is 3.87. The molecule has 0 atom stereocenters. The molecule has 1 aromatic carbocycles. The van der Waals surface area contributed by atoms with Gasteiger partial charge < -0.3 is 15.0 Å². The average molecular weight is 398 g/mol. The summed E-state index contributed by atoms with van der Waals surface area (Å²) in [5.74, 6) is 0.0795. The van der Waals surface area contributed by atoms with Gasteiger partial charge in [-0.25, -0.2) is 0 Å². The van der Waals surface area contributed by atoms with Crippen LogP contribution in [0.25, 0.3) is 22.2 Å². The lowest BCUT2D eigenvalue weighted by molar-refractivity contribution is 0.269. The number of benzene rings is 1. The van der Waals surface area contributed by atoms with Crippen molar-refractivity contribution in [1.82, 2.24) is 19.8 Å². The summed E-state index contributed by atoms with van der Waals surface area (Å²) < 4.78 is 0. The minimum atomic E-state index is 0. The van der Waals surface area contributed by atoms with Gasteiger partial charge in [-0.15, -0.1) is 12.4 Å². The molecule has 0 saturated carbocycles. The maximum Gasteiger partial charge on any atom is 0.199 e. The molecular weight excluding hydrogens is 374 g/mol. The highest BCUT2D eigenvalue weighted by Gasteiger charge is 2.16. The van der Waals surface area contributed by atoms with Gasteiger partial charge in [-0.05, 0) is 56.4 Å². The number of nitrogens with zero attached hydrogens (tertiary/aromatic N) is 4. The summed E-state index contributed by atoms with van der Waals surface area (Å²) in [6, 6.07) is 11.5. The van der Waals surface area contributed by atoms with Crippen LogP contribution in [0.15, 0.2) is 36.5 Å². The van der Waals surface area contributed by atoms with Crippen LogP contribution in [0.2, 0.25) is 0 Å². The first-order chi connectivity index (χ1) is 13.1. The van der Waals surface area contributed by atoms with Gasteiger partial charge in [-0.2, -0.15) is 5.26 Å². The molecular formula is C21H24ClN5O. The highest BCUT2D eigenvalue weighted by molar-refractivity contribution is 5.98. The van der Waals surface area contributed by atoms with Gasteiger partial charge in [0.05, 0.1) is 22.9 Å². The summed E-state index contributed by atoms with van der Waals surface area (Å²) in [7, 11) is 2.17. The van der Waals surface area contributed by atoms with Gasteiger partial charge in [0, 0.05) is 36.7 Å². The smallest absolute Gasteiger partial charge is 0.199 e. The Balaban J connectivity index is 0.00000225. The predicted molar refractivity (Wildman–Crippen MR) is 113 cm³/mol. The fraction of sp³-hybridized carbons (Fsp3) is 0.333. The summed E-state index contributed by atoms with van der Waals surface area (Å²) in [4.78, 5) is 12.4. The topological polar surface area (TPSA) is 79.2 Å². The van der Waals surface area contributed by atoms with E-state index in [1.807, 2.05) is 18.3 Å². The fourth-order valence-corrected chi connectivity index (χ4v) is 3.69. The zero-order chi connectivity index (χ0) is 18.8. The van der Waals surface area contributed by atoms with Crippen LogP contribution in [0, 0.1) is 11.3 Å². The van der Waals surface area contributed by atoms with E-state index in [1.54, 1.807) is 12.1 Å². The molecule has 0 unspecified atom stereocenters. The van der Waals surface area contributed by atoms with Gasteiger partial charge in [-0.1, -0.05) is 6.07 Å². The average Bonchev–Trinajstić information content (AvgIpc) is 2.87. The number of rotatable bonds is 3. The Morgan fingerprint density at radius 2 is 2.04 bits per heavy atom. The van der Waals surface area contributed by atoms with Crippen molar-refractivity contribution in [3.63, 3.8) is 0 Å². The summed E-state index contributed by atoms with van der Waals surface area (Å²) in [6.07, 6.45) is 3.07. The van der Waals surface area contributed by atoms with Crippen molar-refractivity contribution >= 4 is 23.3 Å². The van der Waals surface area contributed by atoms with Crippen LogP contribution in [-0.4, -0.2) is 58.1 Å². The number of nitriles is 1. The third-order valence-electron chi connectivity index (χ3n) is 5.21. The molecule has 2 aromatic heterocycles. The fourth-order valence-electron chi connectivity index (χ4n) is 3.69. The highest BCUT2D eigenvalue weighted by Crippen LogP contribution is 2.36. The minimum absolute atomic E-state index is 0. The lowest BCUT2D eigenvalue weighted by Crippen LogP contribution is -2.28. The third kappa shape index (κ3) is 4.12. The van der Waals surface area contributed by atoms with Crippen LogP contribution < -0.4 is 0 Å². The van der Waals surface area contributed by atoms with Crippen LogP contribution in [0.4, 0.5) is 0 Å². The van der Waals surface area contributed by atoms with Crippen molar-refractivity contribution < 1.29 is 5.11 Å². The van der Waals surface area contributed by atoms with Gasteiger partial charge in [0.1, 0.15) is 0 Å². The molecule has 7 heteroatoms. The molecule has 0 radical (unpaired) electrons. The van der Waals surface area contributed by atoms with Crippen molar-refractivity contribution in [2.24, 2.45) is 0 Å². The van der Waals surface area contributed by atoms with Crippen molar-refractivity contribution in [3.8, 4) is 23.2 Å². The quantitative estimate of drug-likeness (QED) is 0.708. The first kappa shape index (κ1) is 20.2. The van der Waals surface area contributed by atoms with E-state index in [0.717, 1.165) is 43.6 Å². The molecule has 1 fully saturated rings. The number of hydrogen-bond donors (Lipinski definition) is 2. The number of pyridine rings is 1. The number of fused-ring (bicyclic) bond motifs is 1. The largest absolute Gasteiger partial charge is 0.494 e. The number of hydrogen-bond acceptors (Lipinski definition) is 5. The molecule has 146 valence electrons. The molecule has 1 aliphatic heterocycles. The highest BCUT2D eigenvalue weighted by atomic mass is 35.5. The number of halogens is 1. The SMILES string of the molecule is CN1CCCN(Cc2ccc(-c3c(O)[nH]c4ccc(C#N)cc34)nc2)CC1.Cl. The van der Waals surface area contributed by atoms with Crippen LogP contribution in [0.3, 0.4) is 0 Å². The van der Waals surface area contributed by atoms with Gasteiger partial charge in [-0.3, -0.25) is 9.88 Å². The Morgan fingerprint density at radius 1 is 1.18 bits per heavy atom. The standard InChI is InChI=1S/C21H23N5O.ClH/c1-25-7-2-8-26(10-9-25)14-16-4-6-19(23-13-16)20-17-11-15(12-22)3-5-18(17)24-21(20)27;/h3-6,11,13,24,27H,2,7-10,14H2,1H3;1H. The van der Waals surface area contributed by atoms with E-state index < -0.39 is 0 Å². The summed E-state index contributed by atoms with van der Waals surface area (Å²) >= 11 is 0. The number of nitrogens with one attached hydrogen (secondary N) is 1. The lowest BCUT2D eigenvalue weighted by atomic mass is 10.1. The normalized spacial score (nSPS) is 15.7. The van der Waals surface area contributed by atoms with E-state index >= 15 is 0 Å². The Labute approximate surface area is 170 Å². The Morgan fingerprint density at radius 3 is 2.79 bits per heavy atom. The first-order valence-corrected chi connectivity index (χ1v) is 9.25. The van der Waals surface area contributed by atoms with E-state index in [1.165, 1.54) is 12.0 Å². The Bertz CT molecular complexity index is 992. The lowest BCUT2D eigenvalue weighted by Gasteiger charge is -2.20. The van der Waals surface area contributed by atoms with Gasteiger partial charge in [0.25, 0.3) is 0 Å². The third-order valence-corrected chi connectivity index (χ3v) is 5.21. The molecule has 1 saturated heterocycles. The number of aromatic nitrogens is 2. The molecule has 1 aliphatic rings. The molecule has 0 bridgehead atoms. The van der Waals surface area contributed by atoms with Crippen molar-refractivity contribution in [2.45, 2.75) is 13.0 Å². The van der Waals surface area contributed by atoms with Gasteiger partial charge in [0.2, 0.25) is 0 Å². The van der Waals surface area contributed by atoms with Crippen molar-refractivity contribution in [2.75, 3.05) is 33.2 Å². The molecule has 4 rings (SSSR count). The number of likely N-dealkylation sites (N-methyl/N-ethyl adjacent to an activating group) is 1.